The largest absolute Gasteiger partial charge is 0.378 e. The SMILES string of the molecule is CCCCOC1CCC(C2CCC(OCCCC)CC2)CC1. The van der Waals surface area contributed by atoms with Crippen molar-refractivity contribution in [1.82, 2.24) is 0 Å². The van der Waals surface area contributed by atoms with Crippen molar-refractivity contribution in [3.05, 3.63) is 0 Å². The molecule has 0 N–H and O–H groups in total. The van der Waals surface area contributed by atoms with E-state index in [4.69, 9.17) is 9.47 Å². The number of hydrogen-bond donors (Lipinski definition) is 0. The second-order valence-electron chi connectivity index (χ2n) is 7.52. The Labute approximate surface area is 138 Å². The van der Waals surface area contributed by atoms with E-state index in [2.05, 4.69) is 13.8 Å². The summed E-state index contributed by atoms with van der Waals surface area (Å²) >= 11 is 0. The third-order valence-electron chi connectivity index (χ3n) is 5.81. The van der Waals surface area contributed by atoms with Crippen molar-refractivity contribution < 1.29 is 9.47 Å². The molecule has 0 heterocycles. The Morgan fingerprint density at radius 1 is 0.591 bits per heavy atom. The predicted molar refractivity (Wildman–Crippen MR) is 93.2 cm³/mol. The minimum Gasteiger partial charge on any atom is -0.378 e. The van der Waals surface area contributed by atoms with E-state index in [-0.39, 0.29) is 0 Å². The van der Waals surface area contributed by atoms with Crippen LogP contribution in [0.1, 0.15) is 90.9 Å². The summed E-state index contributed by atoms with van der Waals surface area (Å²) < 4.78 is 12.0. The Bertz CT molecular complexity index is 235. The van der Waals surface area contributed by atoms with Crippen molar-refractivity contribution in [2.45, 2.75) is 103 Å². The lowest BCUT2D eigenvalue weighted by Gasteiger charge is -2.37. The van der Waals surface area contributed by atoms with Crippen molar-refractivity contribution in [1.29, 1.82) is 0 Å². The molecule has 0 aromatic rings. The predicted octanol–water partition coefficient (Wildman–Crippen LogP) is 5.74. The molecule has 0 aromatic heterocycles. The van der Waals surface area contributed by atoms with E-state index in [1.54, 1.807) is 0 Å². The molecule has 2 heteroatoms. The van der Waals surface area contributed by atoms with Crippen LogP contribution in [0.2, 0.25) is 0 Å². The molecule has 22 heavy (non-hydrogen) atoms. The van der Waals surface area contributed by atoms with Gasteiger partial charge in [0.1, 0.15) is 0 Å². The molecule has 2 saturated carbocycles. The Morgan fingerprint density at radius 2 is 0.955 bits per heavy atom. The van der Waals surface area contributed by atoms with Crippen LogP contribution >= 0.6 is 0 Å². The molecule has 0 amide bonds. The first kappa shape index (κ1) is 18.3. The first-order valence-electron chi connectivity index (χ1n) is 10.1. The highest BCUT2D eigenvalue weighted by Crippen LogP contribution is 2.39. The Hall–Kier alpha value is -0.0800. The fourth-order valence-electron chi connectivity index (χ4n) is 4.24. The van der Waals surface area contributed by atoms with Gasteiger partial charge in [0.25, 0.3) is 0 Å². The highest BCUT2D eigenvalue weighted by molar-refractivity contribution is 4.82. The van der Waals surface area contributed by atoms with Crippen LogP contribution in [0, 0.1) is 11.8 Å². The second-order valence-corrected chi connectivity index (χ2v) is 7.52. The highest BCUT2D eigenvalue weighted by Gasteiger charge is 2.31. The molecule has 2 aliphatic rings. The molecule has 0 saturated heterocycles. The Morgan fingerprint density at radius 3 is 1.27 bits per heavy atom. The van der Waals surface area contributed by atoms with Gasteiger partial charge >= 0.3 is 0 Å². The van der Waals surface area contributed by atoms with Gasteiger partial charge in [-0.05, 0) is 76.0 Å². The Kier molecular flexibility index (Phi) is 8.84. The van der Waals surface area contributed by atoms with E-state index >= 15 is 0 Å². The maximum absolute atomic E-state index is 6.01. The average Bonchev–Trinajstić information content (AvgIpc) is 2.57. The second kappa shape index (κ2) is 10.6. The van der Waals surface area contributed by atoms with Crippen LogP contribution in [0.15, 0.2) is 0 Å². The van der Waals surface area contributed by atoms with E-state index < -0.39 is 0 Å². The zero-order valence-electron chi connectivity index (χ0n) is 15.0. The molecule has 2 fully saturated rings. The molecule has 2 aliphatic carbocycles. The van der Waals surface area contributed by atoms with Crippen LogP contribution in [0.5, 0.6) is 0 Å². The molecule has 130 valence electrons. The number of ether oxygens (including phenoxy) is 2. The van der Waals surface area contributed by atoms with Gasteiger partial charge in [-0.1, -0.05) is 26.7 Å². The smallest absolute Gasteiger partial charge is 0.0575 e. The van der Waals surface area contributed by atoms with Crippen LogP contribution in [-0.2, 0) is 9.47 Å². The van der Waals surface area contributed by atoms with E-state index in [1.807, 2.05) is 0 Å². The van der Waals surface area contributed by atoms with Crippen molar-refractivity contribution in [2.75, 3.05) is 13.2 Å². The van der Waals surface area contributed by atoms with Crippen molar-refractivity contribution in [2.24, 2.45) is 11.8 Å². The van der Waals surface area contributed by atoms with Crippen LogP contribution in [0.4, 0.5) is 0 Å². The minimum atomic E-state index is 0.566. The zero-order chi connectivity index (χ0) is 15.6. The van der Waals surface area contributed by atoms with Gasteiger partial charge in [0, 0.05) is 13.2 Å². The minimum absolute atomic E-state index is 0.566. The average molecular weight is 311 g/mol. The monoisotopic (exact) mass is 310 g/mol. The summed E-state index contributed by atoms with van der Waals surface area (Å²) in [5.41, 5.74) is 0. The third-order valence-corrected chi connectivity index (χ3v) is 5.81. The third kappa shape index (κ3) is 6.20. The van der Waals surface area contributed by atoms with Crippen molar-refractivity contribution in [3.63, 3.8) is 0 Å². The summed E-state index contributed by atoms with van der Waals surface area (Å²) in [6, 6.07) is 0. The molecule has 0 spiro atoms. The quantitative estimate of drug-likeness (QED) is 0.506. The normalized spacial score (nSPS) is 33.0. The van der Waals surface area contributed by atoms with Gasteiger partial charge in [-0.25, -0.2) is 0 Å². The fraction of sp³-hybridized carbons (Fsp3) is 1.00. The van der Waals surface area contributed by atoms with Crippen LogP contribution in [0.25, 0.3) is 0 Å². The maximum atomic E-state index is 6.01. The summed E-state index contributed by atoms with van der Waals surface area (Å²) in [6.07, 6.45) is 16.9. The molecular weight excluding hydrogens is 272 g/mol. The molecule has 2 rings (SSSR count). The molecule has 0 unspecified atom stereocenters. The van der Waals surface area contributed by atoms with Crippen LogP contribution in [0.3, 0.4) is 0 Å². The number of hydrogen-bond acceptors (Lipinski definition) is 2. The maximum Gasteiger partial charge on any atom is 0.0575 e. The molecule has 0 bridgehead atoms. The first-order chi connectivity index (χ1) is 10.8. The molecular formula is C20H38O2. The van der Waals surface area contributed by atoms with Crippen molar-refractivity contribution >= 4 is 0 Å². The summed E-state index contributed by atoms with van der Waals surface area (Å²) in [4.78, 5) is 0. The van der Waals surface area contributed by atoms with Gasteiger partial charge < -0.3 is 9.47 Å². The van der Waals surface area contributed by atoms with Gasteiger partial charge in [-0.15, -0.1) is 0 Å². The van der Waals surface area contributed by atoms with E-state index in [0.29, 0.717) is 12.2 Å². The first-order valence-corrected chi connectivity index (χ1v) is 10.1. The summed E-state index contributed by atoms with van der Waals surface area (Å²) in [5, 5.41) is 0. The number of rotatable bonds is 9. The van der Waals surface area contributed by atoms with E-state index in [1.165, 1.54) is 77.0 Å². The van der Waals surface area contributed by atoms with Crippen LogP contribution < -0.4 is 0 Å². The topological polar surface area (TPSA) is 18.5 Å². The van der Waals surface area contributed by atoms with Crippen molar-refractivity contribution in [3.8, 4) is 0 Å². The van der Waals surface area contributed by atoms with Crippen LogP contribution in [-0.4, -0.2) is 25.4 Å². The lowest BCUT2D eigenvalue weighted by molar-refractivity contribution is -0.0117. The van der Waals surface area contributed by atoms with Gasteiger partial charge in [0.15, 0.2) is 0 Å². The zero-order valence-corrected chi connectivity index (χ0v) is 15.0. The summed E-state index contributed by atoms with van der Waals surface area (Å²) in [6.45, 7) is 6.43. The molecule has 2 nitrogen and oxygen atoms in total. The molecule has 0 aliphatic heterocycles. The van der Waals surface area contributed by atoms with Gasteiger partial charge in [-0.3, -0.25) is 0 Å². The lowest BCUT2D eigenvalue weighted by atomic mass is 9.72. The lowest BCUT2D eigenvalue weighted by Crippen LogP contribution is -2.30. The summed E-state index contributed by atoms with van der Waals surface area (Å²) in [5.74, 6) is 1.95. The summed E-state index contributed by atoms with van der Waals surface area (Å²) in [7, 11) is 0. The fourth-order valence-corrected chi connectivity index (χ4v) is 4.24. The molecule has 0 aromatic carbocycles. The standard InChI is InChI=1S/C20H38O2/c1-3-5-15-21-19-11-7-17(8-12-19)18-9-13-20(14-10-18)22-16-6-4-2/h17-20H,3-16H2,1-2H3. The van der Waals surface area contributed by atoms with E-state index in [9.17, 15) is 0 Å². The van der Waals surface area contributed by atoms with Gasteiger partial charge in [0.2, 0.25) is 0 Å². The van der Waals surface area contributed by atoms with Gasteiger partial charge in [0.05, 0.1) is 12.2 Å². The molecule has 0 atom stereocenters. The van der Waals surface area contributed by atoms with E-state index in [0.717, 1.165) is 25.0 Å². The van der Waals surface area contributed by atoms with Gasteiger partial charge in [-0.2, -0.15) is 0 Å². The molecule has 0 radical (unpaired) electrons. The number of unbranched alkanes of at least 4 members (excludes halogenated alkanes) is 2. The Balaban J connectivity index is 1.58. The highest BCUT2D eigenvalue weighted by atomic mass is 16.5.